The highest BCUT2D eigenvalue weighted by molar-refractivity contribution is 5.78. The molecule has 0 spiro atoms. The molecule has 1 aliphatic rings. The van der Waals surface area contributed by atoms with Gasteiger partial charge in [-0.15, -0.1) is 0 Å². The standard InChI is InChI=1S/C19H31N3O3/c1-15-12-21(13-16(2)22(15)11-10-20(3)4)19(23)14-25-18-9-7-6-8-17(18)24-5/h6-9,15-16H,10-14H2,1-5H3. The fourth-order valence-electron chi connectivity index (χ4n) is 3.29. The lowest BCUT2D eigenvalue weighted by atomic mass is 10.1. The summed E-state index contributed by atoms with van der Waals surface area (Å²) < 4.78 is 10.9. The molecule has 140 valence electrons. The number of carbonyl (C=O) groups excluding carboxylic acids is 1. The number of likely N-dealkylation sites (N-methyl/N-ethyl adjacent to an activating group) is 1. The molecule has 25 heavy (non-hydrogen) atoms. The van der Waals surface area contributed by atoms with Crippen LogP contribution in [0.25, 0.3) is 0 Å². The number of benzene rings is 1. The Labute approximate surface area is 151 Å². The summed E-state index contributed by atoms with van der Waals surface area (Å²) in [5, 5.41) is 0. The minimum Gasteiger partial charge on any atom is -0.493 e. The van der Waals surface area contributed by atoms with Crippen molar-refractivity contribution in [2.24, 2.45) is 0 Å². The van der Waals surface area contributed by atoms with E-state index in [1.807, 2.05) is 29.2 Å². The molecule has 1 saturated heterocycles. The largest absolute Gasteiger partial charge is 0.493 e. The molecule has 0 aliphatic carbocycles. The Morgan fingerprint density at radius 3 is 2.32 bits per heavy atom. The zero-order chi connectivity index (χ0) is 18.4. The highest BCUT2D eigenvalue weighted by Gasteiger charge is 2.31. The van der Waals surface area contributed by atoms with Gasteiger partial charge in [-0.2, -0.15) is 0 Å². The fourth-order valence-corrected chi connectivity index (χ4v) is 3.29. The number of para-hydroxylation sites is 2. The van der Waals surface area contributed by atoms with E-state index in [0.29, 0.717) is 23.6 Å². The maximum absolute atomic E-state index is 12.6. The van der Waals surface area contributed by atoms with Crippen LogP contribution in [0.1, 0.15) is 13.8 Å². The van der Waals surface area contributed by atoms with Crippen molar-refractivity contribution in [2.45, 2.75) is 25.9 Å². The van der Waals surface area contributed by atoms with Crippen molar-refractivity contribution < 1.29 is 14.3 Å². The monoisotopic (exact) mass is 349 g/mol. The first kappa shape index (κ1) is 19.5. The molecule has 2 rings (SSSR count). The Morgan fingerprint density at radius 2 is 1.76 bits per heavy atom. The van der Waals surface area contributed by atoms with Gasteiger partial charge in [0, 0.05) is 38.3 Å². The minimum atomic E-state index is 0.0249. The highest BCUT2D eigenvalue weighted by Crippen LogP contribution is 2.26. The maximum atomic E-state index is 12.6. The lowest BCUT2D eigenvalue weighted by molar-refractivity contribution is -0.137. The third kappa shape index (κ3) is 5.34. The van der Waals surface area contributed by atoms with Gasteiger partial charge in [0.2, 0.25) is 0 Å². The van der Waals surface area contributed by atoms with Gasteiger partial charge in [0.15, 0.2) is 18.1 Å². The van der Waals surface area contributed by atoms with Crippen LogP contribution in [0, 0.1) is 0 Å². The molecule has 0 bridgehead atoms. The van der Waals surface area contributed by atoms with E-state index in [9.17, 15) is 4.79 Å². The van der Waals surface area contributed by atoms with E-state index >= 15 is 0 Å². The number of hydrogen-bond acceptors (Lipinski definition) is 5. The van der Waals surface area contributed by atoms with Gasteiger partial charge < -0.3 is 19.3 Å². The summed E-state index contributed by atoms with van der Waals surface area (Å²) in [5.41, 5.74) is 0. The average molecular weight is 349 g/mol. The quantitative estimate of drug-likeness (QED) is 0.747. The van der Waals surface area contributed by atoms with E-state index in [2.05, 4.69) is 37.7 Å². The van der Waals surface area contributed by atoms with Crippen molar-refractivity contribution >= 4 is 5.91 Å². The second-order valence-corrected chi connectivity index (χ2v) is 6.98. The minimum absolute atomic E-state index is 0.0249. The van der Waals surface area contributed by atoms with Gasteiger partial charge in [0.1, 0.15) is 0 Å². The van der Waals surface area contributed by atoms with E-state index in [0.717, 1.165) is 26.2 Å². The van der Waals surface area contributed by atoms with Crippen molar-refractivity contribution in [2.75, 3.05) is 54.0 Å². The molecule has 0 saturated carbocycles. The second kappa shape index (κ2) is 9.06. The predicted molar refractivity (Wildman–Crippen MR) is 99.3 cm³/mol. The average Bonchev–Trinajstić information content (AvgIpc) is 2.58. The summed E-state index contributed by atoms with van der Waals surface area (Å²) in [5.74, 6) is 1.27. The normalized spacial score (nSPS) is 21.4. The van der Waals surface area contributed by atoms with E-state index in [1.54, 1.807) is 7.11 Å². The van der Waals surface area contributed by atoms with Crippen LogP contribution in [0.3, 0.4) is 0 Å². The van der Waals surface area contributed by atoms with E-state index in [-0.39, 0.29) is 12.5 Å². The molecule has 2 unspecified atom stereocenters. The molecule has 1 fully saturated rings. The third-order valence-corrected chi connectivity index (χ3v) is 4.68. The zero-order valence-electron chi connectivity index (χ0n) is 16.1. The SMILES string of the molecule is COc1ccccc1OCC(=O)N1CC(C)N(CCN(C)C)C(C)C1. The summed E-state index contributed by atoms with van der Waals surface area (Å²) in [6.45, 7) is 7.95. The first-order valence-electron chi connectivity index (χ1n) is 8.86. The molecule has 6 nitrogen and oxygen atoms in total. The van der Waals surface area contributed by atoms with Crippen molar-refractivity contribution in [3.8, 4) is 11.5 Å². The van der Waals surface area contributed by atoms with Crippen LogP contribution in [0.5, 0.6) is 11.5 Å². The van der Waals surface area contributed by atoms with Gasteiger partial charge >= 0.3 is 0 Å². The number of carbonyl (C=O) groups is 1. The molecule has 0 aromatic heterocycles. The Balaban J connectivity index is 1.88. The summed E-state index contributed by atoms with van der Waals surface area (Å²) in [7, 11) is 5.77. The molecule has 0 radical (unpaired) electrons. The van der Waals surface area contributed by atoms with Crippen LogP contribution < -0.4 is 9.47 Å². The van der Waals surface area contributed by atoms with Crippen LogP contribution in [-0.2, 0) is 4.79 Å². The number of ether oxygens (including phenoxy) is 2. The summed E-state index contributed by atoms with van der Waals surface area (Å²) in [6.07, 6.45) is 0. The van der Waals surface area contributed by atoms with Crippen molar-refractivity contribution in [3.63, 3.8) is 0 Å². The van der Waals surface area contributed by atoms with Crippen molar-refractivity contribution in [1.82, 2.24) is 14.7 Å². The van der Waals surface area contributed by atoms with Gasteiger partial charge in [0.05, 0.1) is 7.11 Å². The molecule has 1 heterocycles. The van der Waals surface area contributed by atoms with Gasteiger partial charge in [0.25, 0.3) is 5.91 Å². The Kier molecular flexibility index (Phi) is 7.08. The topological polar surface area (TPSA) is 45.3 Å². The third-order valence-electron chi connectivity index (χ3n) is 4.68. The van der Waals surface area contributed by atoms with Crippen LogP contribution in [0.2, 0.25) is 0 Å². The van der Waals surface area contributed by atoms with E-state index in [4.69, 9.17) is 9.47 Å². The van der Waals surface area contributed by atoms with Crippen LogP contribution in [-0.4, -0.2) is 86.7 Å². The predicted octanol–water partition coefficient (Wildman–Crippen LogP) is 1.56. The van der Waals surface area contributed by atoms with Gasteiger partial charge in [-0.1, -0.05) is 12.1 Å². The lowest BCUT2D eigenvalue weighted by Crippen LogP contribution is -2.59. The zero-order valence-corrected chi connectivity index (χ0v) is 16.1. The molecular formula is C19H31N3O3. The Morgan fingerprint density at radius 1 is 1.16 bits per heavy atom. The van der Waals surface area contributed by atoms with E-state index < -0.39 is 0 Å². The van der Waals surface area contributed by atoms with E-state index in [1.165, 1.54) is 0 Å². The van der Waals surface area contributed by atoms with Crippen LogP contribution in [0.15, 0.2) is 24.3 Å². The molecular weight excluding hydrogens is 318 g/mol. The molecule has 1 aromatic rings. The number of hydrogen-bond donors (Lipinski definition) is 0. The van der Waals surface area contributed by atoms with Crippen molar-refractivity contribution in [1.29, 1.82) is 0 Å². The number of amides is 1. The number of rotatable bonds is 7. The number of nitrogens with zero attached hydrogens (tertiary/aromatic N) is 3. The molecule has 1 aromatic carbocycles. The molecule has 0 N–H and O–H groups in total. The smallest absolute Gasteiger partial charge is 0.260 e. The molecule has 2 atom stereocenters. The lowest BCUT2D eigenvalue weighted by Gasteiger charge is -2.44. The van der Waals surface area contributed by atoms with Crippen molar-refractivity contribution in [3.05, 3.63) is 24.3 Å². The molecule has 1 amide bonds. The first-order valence-corrected chi connectivity index (χ1v) is 8.86. The highest BCUT2D eigenvalue weighted by atomic mass is 16.5. The fraction of sp³-hybridized carbons (Fsp3) is 0.632. The first-order chi connectivity index (χ1) is 11.9. The van der Waals surface area contributed by atoms with Gasteiger partial charge in [-0.3, -0.25) is 9.69 Å². The Hall–Kier alpha value is -1.79. The molecule has 1 aliphatic heterocycles. The summed E-state index contributed by atoms with van der Waals surface area (Å²) >= 11 is 0. The van der Waals surface area contributed by atoms with Crippen LogP contribution >= 0.6 is 0 Å². The second-order valence-electron chi connectivity index (χ2n) is 6.98. The van der Waals surface area contributed by atoms with Crippen LogP contribution in [0.4, 0.5) is 0 Å². The molecule has 6 heteroatoms. The summed E-state index contributed by atoms with van der Waals surface area (Å²) in [4.78, 5) is 19.2. The summed E-state index contributed by atoms with van der Waals surface area (Å²) in [6, 6.07) is 8.09. The number of methoxy groups -OCH3 is 1. The Bertz CT molecular complexity index is 553. The van der Waals surface area contributed by atoms with Gasteiger partial charge in [-0.25, -0.2) is 0 Å². The maximum Gasteiger partial charge on any atom is 0.260 e. The van der Waals surface area contributed by atoms with Gasteiger partial charge in [-0.05, 0) is 40.1 Å². The number of piperazine rings is 1.